The van der Waals surface area contributed by atoms with Crippen LogP contribution in [-0.4, -0.2) is 28.2 Å². The normalized spacial score (nSPS) is 13.6. The van der Waals surface area contributed by atoms with E-state index >= 15 is 0 Å². The second-order valence-electron chi connectivity index (χ2n) is 3.39. The summed E-state index contributed by atoms with van der Waals surface area (Å²) in [7, 11) is -2.25. The van der Waals surface area contributed by atoms with Crippen molar-refractivity contribution in [3.05, 3.63) is 24.3 Å². The number of nitrogens with two attached hydrogens (primary N) is 1. The smallest absolute Gasteiger partial charge is 0.297 e. The van der Waals surface area contributed by atoms with E-state index in [0.717, 1.165) is 0 Å². The number of hydrogen-bond acceptors (Lipinski definition) is 5. The van der Waals surface area contributed by atoms with Crippen LogP contribution in [-0.2, 0) is 19.0 Å². The van der Waals surface area contributed by atoms with Gasteiger partial charge in [-0.15, -0.1) is 0 Å². The average molecular weight is 245 g/mol. The van der Waals surface area contributed by atoms with Crippen LogP contribution < -0.4 is 5.73 Å². The first-order valence-electron chi connectivity index (χ1n) is 4.73. The van der Waals surface area contributed by atoms with Crippen molar-refractivity contribution < 1.29 is 17.3 Å². The molecule has 1 atom stereocenters. The monoisotopic (exact) mass is 245 g/mol. The van der Waals surface area contributed by atoms with Crippen LogP contribution >= 0.6 is 0 Å². The summed E-state index contributed by atoms with van der Waals surface area (Å²) < 4.78 is 33.1. The zero-order valence-corrected chi connectivity index (χ0v) is 10.0. The molecule has 90 valence electrons. The topological polar surface area (TPSA) is 78.6 Å². The summed E-state index contributed by atoms with van der Waals surface area (Å²) in [6, 6.07) is 5.84. The van der Waals surface area contributed by atoms with E-state index in [1.807, 2.05) is 0 Å². The Labute approximate surface area is 95.3 Å². The van der Waals surface area contributed by atoms with E-state index in [2.05, 4.69) is 0 Å². The van der Waals surface area contributed by atoms with Gasteiger partial charge in [-0.1, -0.05) is 0 Å². The van der Waals surface area contributed by atoms with E-state index in [9.17, 15) is 8.42 Å². The highest BCUT2D eigenvalue weighted by atomic mass is 32.2. The van der Waals surface area contributed by atoms with Crippen LogP contribution in [0.25, 0.3) is 0 Å². The second-order valence-corrected chi connectivity index (χ2v) is 4.96. The van der Waals surface area contributed by atoms with Crippen molar-refractivity contribution in [2.45, 2.75) is 17.9 Å². The first kappa shape index (κ1) is 13.0. The number of anilines is 1. The molecule has 0 heterocycles. The molecule has 0 saturated heterocycles. The first-order valence-corrected chi connectivity index (χ1v) is 6.14. The third kappa shape index (κ3) is 3.48. The minimum atomic E-state index is -3.73. The highest BCUT2D eigenvalue weighted by Crippen LogP contribution is 2.15. The SMILES string of the molecule is COC[C@H](C)OS(=O)(=O)c1ccc(N)cc1. The van der Waals surface area contributed by atoms with Gasteiger partial charge in [-0.25, -0.2) is 0 Å². The Balaban J connectivity index is 2.82. The Hall–Kier alpha value is -1.11. The number of methoxy groups -OCH3 is 1. The molecule has 1 aromatic rings. The van der Waals surface area contributed by atoms with Gasteiger partial charge in [-0.05, 0) is 31.2 Å². The molecule has 0 aliphatic heterocycles. The lowest BCUT2D eigenvalue weighted by Gasteiger charge is -2.11. The summed E-state index contributed by atoms with van der Waals surface area (Å²) >= 11 is 0. The molecule has 0 aromatic heterocycles. The zero-order valence-electron chi connectivity index (χ0n) is 9.21. The molecule has 5 nitrogen and oxygen atoms in total. The molecule has 0 aliphatic rings. The summed E-state index contributed by atoms with van der Waals surface area (Å²) in [6.07, 6.45) is -0.521. The fraction of sp³-hybridized carbons (Fsp3) is 0.400. The molecule has 0 saturated carbocycles. The second kappa shape index (κ2) is 5.29. The Bertz CT molecular complexity index is 427. The van der Waals surface area contributed by atoms with Gasteiger partial charge in [0.25, 0.3) is 10.1 Å². The number of ether oxygens (including phenoxy) is 1. The molecular weight excluding hydrogens is 230 g/mol. The Morgan fingerprint density at radius 2 is 1.88 bits per heavy atom. The maximum absolute atomic E-state index is 11.7. The number of benzene rings is 1. The van der Waals surface area contributed by atoms with Crippen LogP contribution in [0.15, 0.2) is 29.2 Å². The predicted molar refractivity (Wildman–Crippen MR) is 60.5 cm³/mol. The van der Waals surface area contributed by atoms with Crippen LogP contribution in [0.2, 0.25) is 0 Å². The summed E-state index contributed by atoms with van der Waals surface area (Å²) in [5, 5.41) is 0. The molecule has 1 rings (SSSR count). The standard InChI is InChI=1S/C10H15NO4S/c1-8(7-14-2)15-16(12,13)10-5-3-9(11)4-6-10/h3-6,8H,7,11H2,1-2H3/t8-/m0/s1. The Morgan fingerprint density at radius 3 is 2.38 bits per heavy atom. The molecule has 0 bridgehead atoms. The maximum atomic E-state index is 11.7. The summed E-state index contributed by atoms with van der Waals surface area (Å²) in [6.45, 7) is 1.84. The third-order valence-corrected chi connectivity index (χ3v) is 3.29. The quantitative estimate of drug-likeness (QED) is 0.618. The van der Waals surface area contributed by atoms with E-state index in [0.29, 0.717) is 5.69 Å². The zero-order chi connectivity index (χ0) is 12.2. The molecule has 1 aromatic carbocycles. The van der Waals surface area contributed by atoms with Crippen molar-refractivity contribution in [2.75, 3.05) is 19.5 Å². The van der Waals surface area contributed by atoms with Crippen molar-refractivity contribution >= 4 is 15.8 Å². The fourth-order valence-corrected chi connectivity index (χ4v) is 2.24. The number of hydrogen-bond donors (Lipinski definition) is 1. The van der Waals surface area contributed by atoms with Crippen LogP contribution in [0, 0.1) is 0 Å². The molecule has 0 radical (unpaired) electrons. The van der Waals surface area contributed by atoms with Gasteiger partial charge in [0.1, 0.15) is 0 Å². The molecule has 0 amide bonds. The molecule has 0 spiro atoms. The van der Waals surface area contributed by atoms with E-state index in [1.54, 1.807) is 6.92 Å². The number of nitrogen functional groups attached to an aromatic ring is 1. The van der Waals surface area contributed by atoms with Crippen molar-refractivity contribution in [3.8, 4) is 0 Å². The van der Waals surface area contributed by atoms with Gasteiger partial charge in [-0.3, -0.25) is 4.18 Å². The molecule has 6 heteroatoms. The maximum Gasteiger partial charge on any atom is 0.297 e. The van der Waals surface area contributed by atoms with Gasteiger partial charge in [0.15, 0.2) is 0 Å². The minimum Gasteiger partial charge on any atom is -0.399 e. The third-order valence-electron chi connectivity index (χ3n) is 1.86. The molecule has 0 fully saturated rings. The molecular formula is C10H15NO4S. The van der Waals surface area contributed by atoms with Crippen molar-refractivity contribution in [2.24, 2.45) is 0 Å². The van der Waals surface area contributed by atoms with Gasteiger partial charge in [0, 0.05) is 12.8 Å². The van der Waals surface area contributed by atoms with E-state index in [-0.39, 0.29) is 11.5 Å². The number of rotatable bonds is 5. The highest BCUT2D eigenvalue weighted by Gasteiger charge is 2.18. The van der Waals surface area contributed by atoms with Crippen molar-refractivity contribution in [1.29, 1.82) is 0 Å². The van der Waals surface area contributed by atoms with Crippen molar-refractivity contribution in [3.63, 3.8) is 0 Å². The van der Waals surface area contributed by atoms with Crippen LogP contribution in [0.4, 0.5) is 5.69 Å². The van der Waals surface area contributed by atoms with Crippen LogP contribution in [0.1, 0.15) is 6.92 Å². The van der Waals surface area contributed by atoms with Crippen molar-refractivity contribution in [1.82, 2.24) is 0 Å². The van der Waals surface area contributed by atoms with Gasteiger partial charge in [-0.2, -0.15) is 8.42 Å². The first-order chi connectivity index (χ1) is 7.45. The van der Waals surface area contributed by atoms with E-state index in [4.69, 9.17) is 14.7 Å². The van der Waals surface area contributed by atoms with Crippen LogP contribution in [0.5, 0.6) is 0 Å². The van der Waals surface area contributed by atoms with E-state index in [1.165, 1.54) is 31.4 Å². The Kier molecular flexibility index (Phi) is 4.28. The molecule has 0 unspecified atom stereocenters. The average Bonchev–Trinajstić information content (AvgIpc) is 2.17. The lowest BCUT2D eigenvalue weighted by Crippen LogP contribution is -2.20. The van der Waals surface area contributed by atoms with Gasteiger partial charge in [0.2, 0.25) is 0 Å². The van der Waals surface area contributed by atoms with Gasteiger partial charge in [0.05, 0.1) is 17.6 Å². The predicted octanol–water partition coefficient (Wildman–Crippen LogP) is 1.01. The lowest BCUT2D eigenvalue weighted by atomic mass is 10.3. The highest BCUT2D eigenvalue weighted by molar-refractivity contribution is 7.86. The summed E-state index contributed by atoms with van der Waals surface area (Å²) in [5.41, 5.74) is 5.97. The summed E-state index contributed by atoms with van der Waals surface area (Å²) in [5.74, 6) is 0. The van der Waals surface area contributed by atoms with E-state index < -0.39 is 16.2 Å². The fourth-order valence-electron chi connectivity index (χ4n) is 1.17. The van der Waals surface area contributed by atoms with Gasteiger partial charge < -0.3 is 10.5 Å². The van der Waals surface area contributed by atoms with Gasteiger partial charge >= 0.3 is 0 Å². The van der Waals surface area contributed by atoms with Crippen LogP contribution in [0.3, 0.4) is 0 Å². The lowest BCUT2D eigenvalue weighted by molar-refractivity contribution is 0.0962. The largest absolute Gasteiger partial charge is 0.399 e. The molecule has 16 heavy (non-hydrogen) atoms. The molecule has 0 aliphatic carbocycles. The minimum absolute atomic E-state index is 0.0876. The molecule has 2 N–H and O–H groups in total. The Morgan fingerprint density at radius 1 is 1.31 bits per heavy atom. The summed E-state index contributed by atoms with van der Waals surface area (Å²) in [4.78, 5) is 0.0876.